The molecule has 34 heavy (non-hydrogen) atoms. The Morgan fingerprint density at radius 2 is 1.74 bits per heavy atom. The molecule has 3 aromatic rings. The lowest BCUT2D eigenvalue weighted by Crippen LogP contribution is -2.35. The van der Waals surface area contributed by atoms with Gasteiger partial charge in [0.25, 0.3) is 17.5 Å². The highest BCUT2D eigenvalue weighted by molar-refractivity contribution is 6.33. The lowest BCUT2D eigenvalue weighted by Gasteiger charge is -2.16. The summed E-state index contributed by atoms with van der Waals surface area (Å²) in [6.07, 6.45) is 1.16. The zero-order chi connectivity index (χ0) is 24.2. The predicted octanol–water partition coefficient (Wildman–Crippen LogP) is 3.06. The first kappa shape index (κ1) is 22.2. The number of benzene rings is 3. The molecule has 10 nitrogen and oxygen atoms in total. The van der Waals surface area contributed by atoms with Crippen LogP contribution in [0, 0.1) is 10.1 Å². The van der Waals surface area contributed by atoms with Gasteiger partial charge in [0.1, 0.15) is 12.3 Å². The van der Waals surface area contributed by atoms with Gasteiger partial charge in [0.05, 0.1) is 21.7 Å². The number of nitro groups is 1. The Kier molecular flexibility index (Phi) is 6.04. The largest absolute Gasteiger partial charge is 0.507 e. The standard InChI is InChI=1S/C24H18N4O6/c29-21-11-10-16(28(33)34)12-18(21)23(31)25-13-19-17-8-4-5-9-20(17)27(24(19)32)14-22(30)26-15-6-2-1-3-7-15/h1-13,29H,14H2,(H,25,31)(H,26,30)/b19-13+. The maximum atomic E-state index is 13.1. The molecule has 0 saturated heterocycles. The minimum absolute atomic E-state index is 0.126. The van der Waals surface area contributed by atoms with Crippen LogP contribution in [-0.2, 0) is 9.59 Å². The van der Waals surface area contributed by atoms with Gasteiger partial charge < -0.3 is 15.7 Å². The van der Waals surface area contributed by atoms with Crippen LogP contribution in [0.4, 0.5) is 17.1 Å². The lowest BCUT2D eigenvalue weighted by atomic mass is 10.1. The van der Waals surface area contributed by atoms with Gasteiger partial charge in [-0.1, -0.05) is 36.4 Å². The topological polar surface area (TPSA) is 142 Å². The second kappa shape index (κ2) is 9.25. The molecule has 0 atom stereocenters. The average molecular weight is 458 g/mol. The van der Waals surface area contributed by atoms with Gasteiger partial charge in [-0.25, -0.2) is 0 Å². The molecule has 3 amide bonds. The normalized spacial score (nSPS) is 13.5. The van der Waals surface area contributed by atoms with Gasteiger partial charge in [-0.2, -0.15) is 0 Å². The van der Waals surface area contributed by atoms with Crippen molar-refractivity contribution < 1.29 is 24.4 Å². The van der Waals surface area contributed by atoms with Crippen LogP contribution in [0.2, 0.25) is 0 Å². The van der Waals surface area contributed by atoms with Crippen molar-refractivity contribution in [2.24, 2.45) is 0 Å². The Hall–Kier alpha value is -4.99. The summed E-state index contributed by atoms with van der Waals surface area (Å²) in [5.74, 6) is -2.19. The van der Waals surface area contributed by atoms with E-state index in [0.717, 1.165) is 24.4 Å². The first-order chi connectivity index (χ1) is 16.3. The quantitative estimate of drug-likeness (QED) is 0.294. The summed E-state index contributed by atoms with van der Waals surface area (Å²) in [4.78, 5) is 49.7. The van der Waals surface area contributed by atoms with Crippen molar-refractivity contribution in [1.29, 1.82) is 0 Å². The monoisotopic (exact) mass is 458 g/mol. The summed E-state index contributed by atoms with van der Waals surface area (Å²) in [5, 5.41) is 26.0. The molecule has 0 saturated carbocycles. The summed E-state index contributed by atoms with van der Waals surface area (Å²) in [7, 11) is 0. The number of nitrogens with zero attached hydrogens (tertiary/aromatic N) is 2. The number of hydrogen-bond acceptors (Lipinski definition) is 6. The van der Waals surface area contributed by atoms with Gasteiger partial charge in [0.2, 0.25) is 5.91 Å². The van der Waals surface area contributed by atoms with Crippen LogP contribution >= 0.6 is 0 Å². The molecule has 4 rings (SSSR count). The minimum Gasteiger partial charge on any atom is -0.507 e. The van der Waals surface area contributed by atoms with Crippen LogP contribution in [0.3, 0.4) is 0 Å². The van der Waals surface area contributed by atoms with Crippen molar-refractivity contribution in [2.75, 3.05) is 16.8 Å². The van der Waals surface area contributed by atoms with E-state index in [-0.39, 0.29) is 23.4 Å². The summed E-state index contributed by atoms with van der Waals surface area (Å²) in [5.41, 5.74) is 1.03. The number of aromatic hydroxyl groups is 1. The van der Waals surface area contributed by atoms with Gasteiger partial charge in [-0.05, 0) is 24.3 Å². The van der Waals surface area contributed by atoms with Gasteiger partial charge in [0.15, 0.2) is 0 Å². The number of carbonyl (C=O) groups is 3. The number of fused-ring (bicyclic) bond motifs is 1. The number of carbonyl (C=O) groups excluding carboxylic acids is 3. The van der Waals surface area contributed by atoms with Crippen molar-refractivity contribution in [3.8, 4) is 5.75 Å². The van der Waals surface area contributed by atoms with Gasteiger partial charge in [-0.3, -0.25) is 29.4 Å². The van der Waals surface area contributed by atoms with E-state index >= 15 is 0 Å². The van der Waals surface area contributed by atoms with Crippen LogP contribution in [0.25, 0.3) is 5.57 Å². The minimum atomic E-state index is -0.834. The van der Waals surface area contributed by atoms with E-state index in [0.29, 0.717) is 16.9 Å². The highest BCUT2D eigenvalue weighted by Gasteiger charge is 2.33. The fraction of sp³-hybridized carbons (Fsp3) is 0.0417. The number of para-hydroxylation sites is 2. The highest BCUT2D eigenvalue weighted by atomic mass is 16.6. The predicted molar refractivity (Wildman–Crippen MR) is 124 cm³/mol. The van der Waals surface area contributed by atoms with E-state index in [1.807, 2.05) is 6.07 Å². The average Bonchev–Trinajstić information content (AvgIpc) is 3.09. The summed E-state index contributed by atoms with van der Waals surface area (Å²) in [6, 6.07) is 18.6. The lowest BCUT2D eigenvalue weighted by molar-refractivity contribution is -0.384. The molecule has 3 aromatic carbocycles. The number of phenolic OH excluding ortho intramolecular Hbond substituents is 1. The van der Waals surface area contributed by atoms with Crippen molar-refractivity contribution in [3.63, 3.8) is 0 Å². The molecular formula is C24H18N4O6. The van der Waals surface area contributed by atoms with E-state index in [1.165, 1.54) is 4.90 Å². The molecular weight excluding hydrogens is 440 g/mol. The second-order valence-electron chi connectivity index (χ2n) is 7.31. The molecule has 0 bridgehead atoms. The highest BCUT2D eigenvalue weighted by Crippen LogP contribution is 2.36. The maximum Gasteiger partial charge on any atom is 0.270 e. The van der Waals surface area contributed by atoms with Crippen LogP contribution < -0.4 is 15.5 Å². The Morgan fingerprint density at radius 3 is 2.47 bits per heavy atom. The first-order valence-corrected chi connectivity index (χ1v) is 10.1. The van der Waals surface area contributed by atoms with Crippen molar-refractivity contribution in [2.45, 2.75) is 0 Å². The third-order valence-corrected chi connectivity index (χ3v) is 5.10. The van der Waals surface area contributed by atoms with E-state index in [1.54, 1.807) is 48.5 Å². The molecule has 1 heterocycles. The number of nitro benzene ring substituents is 1. The zero-order valence-electron chi connectivity index (χ0n) is 17.6. The van der Waals surface area contributed by atoms with E-state index in [2.05, 4.69) is 10.6 Å². The van der Waals surface area contributed by atoms with Crippen molar-refractivity contribution in [1.82, 2.24) is 5.32 Å². The Bertz CT molecular complexity index is 1340. The zero-order valence-corrected chi connectivity index (χ0v) is 17.6. The molecule has 0 unspecified atom stereocenters. The molecule has 0 aromatic heterocycles. The molecule has 0 spiro atoms. The molecule has 0 aliphatic carbocycles. The number of nitrogens with one attached hydrogen (secondary N) is 2. The SMILES string of the molecule is O=C(CN1C(=O)/C(=C/NC(=O)c2cc([N+](=O)[O-])ccc2O)c2ccccc21)Nc1ccccc1. The summed E-state index contributed by atoms with van der Waals surface area (Å²) >= 11 is 0. The fourth-order valence-corrected chi connectivity index (χ4v) is 3.50. The number of phenols is 1. The van der Waals surface area contributed by atoms with Gasteiger partial charge in [0, 0.05) is 29.6 Å². The van der Waals surface area contributed by atoms with Crippen LogP contribution in [-0.4, -0.2) is 34.3 Å². The number of rotatable bonds is 6. The Labute approximate surface area is 193 Å². The third-order valence-electron chi connectivity index (χ3n) is 5.10. The number of anilines is 2. The molecule has 1 aliphatic heterocycles. The third kappa shape index (κ3) is 4.46. The molecule has 10 heteroatoms. The molecule has 170 valence electrons. The number of hydrogen-bond donors (Lipinski definition) is 3. The number of amides is 3. The Morgan fingerprint density at radius 1 is 1.03 bits per heavy atom. The molecule has 0 radical (unpaired) electrons. The van der Waals surface area contributed by atoms with Gasteiger partial charge in [-0.15, -0.1) is 0 Å². The van der Waals surface area contributed by atoms with Gasteiger partial charge >= 0.3 is 0 Å². The fourth-order valence-electron chi connectivity index (χ4n) is 3.50. The first-order valence-electron chi connectivity index (χ1n) is 10.1. The van der Waals surface area contributed by atoms with E-state index in [4.69, 9.17) is 0 Å². The van der Waals surface area contributed by atoms with Crippen LogP contribution in [0.15, 0.2) is 79.0 Å². The number of non-ortho nitro benzene ring substituents is 1. The smallest absolute Gasteiger partial charge is 0.270 e. The van der Waals surface area contributed by atoms with Crippen LogP contribution in [0.1, 0.15) is 15.9 Å². The summed E-state index contributed by atoms with van der Waals surface area (Å²) in [6.45, 7) is -0.248. The second-order valence-corrected chi connectivity index (χ2v) is 7.31. The van der Waals surface area contributed by atoms with E-state index in [9.17, 15) is 29.6 Å². The molecule has 0 fully saturated rings. The van der Waals surface area contributed by atoms with Crippen molar-refractivity contribution in [3.05, 3.63) is 100 Å². The maximum absolute atomic E-state index is 13.1. The molecule has 3 N–H and O–H groups in total. The van der Waals surface area contributed by atoms with Crippen molar-refractivity contribution >= 4 is 40.4 Å². The summed E-state index contributed by atoms with van der Waals surface area (Å²) < 4.78 is 0. The Balaban J connectivity index is 1.55. The van der Waals surface area contributed by atoms with E-state index < -0.39 is 28.4 Å². The van der Waals surface area contributed by atoms with Crippen LogP contribution in [0.5, 0.6) is 5.75 Å². The molecule has 1 aliphatic rings.